The number of nitrogens with zero attached hydrogens (tertiary/aromatic N) is 3. The third-order valence-electron chi connectivity index (χ3n) is 3.95. The van der Waals surface area contributed by atoms with Gasteiger partial charge in [-0.2, -0.15) is 0 Å². The highest BCUT2D eigenvalue weighted by Gasteiger charge is 2.15. The number of carbonyl (C=O) groups excluding carboxylic acids is 1. The molecule has 4 rings (SSSR count). The fourth-order valence-electron chi connectivity index (χ4n) is 2.57. The summed E-state index contributed by atoms with van der Waals surface area (Å²) in [5.41, 5.74) is 1.86. The van der Waals surface area contributed by atoms with Crippen LogP contribution in [0.5, 0.6) is 5.75 Å². The van der Waals surface area contributed by atoms with Crippen molar-refractivity contribution in [2.75, 3.05) is 12.4 Å². The molecule has 10 heteroatoms. The Labute approximate surface area is 161 Å². The van der Waals surface area contributed by atoms with Gasteiger partial charge in [0.25, 0.3) is 12.3 Å². The van der Waals surface area contributed by atoms with Crippen LogP contribution in [0.4, 0.5) is 13.9 Å². The van der Waals surface area contributed by atoms with E-state index in [1.165, 1.54) is 29.5 Å². The van der Waals surface area contributed by atoms with Crippen LogP contribution in [0, 0.1) is 0 Å². The molecule has 2 heterocycles. The fraction of sp³-hybridized carbons (Fsp3) is 0.111. The van der Waals surface area contributed by atoms with Crippen molar-refractivity contribution in [3.05, 3.63) is 53.9 Å². The van der Waals surface area contributed by atoms with Gasteiger partial charge in [0.2, 0.25) is 5.13 Å². The van der Waals surface area contributed by atoms with Gasteiger partial charge in [-0.15, -0.1) is 10.2 Å². The Kier molecular flexibility index (Phi) is 4.70. The third kappa shape index (κ3) is 3.54. The predicted molar refractivity (Wildman–Crippen MR) is 101 cm³/mol. The summed E-state index contributed by atoms with van der Waals surface area (Å²) < 4.78 is 30.6. The Morgan fingerprint density at radius 2 is 1.96 bits per heavy atom. The molecule has 1 amide bonds. The van der Waals surface area contributed by atoms with Crippen LogP contribution in [0.25, 0.3) is 21.6 Å². The summed E-state index contributed by atoms with van der Waals surface area (Å²) in [5.74, 6) is -0.126. The molecule has 0 radical (unpaired) electrons. The van der Waals surface area contributed by atoms with E-state index in [9.17, 15) is 13.6 Å². The normalized spacial score (nSPS) is 11.1. The average molecular weight is 401 g/mol. The largest absolute Gasteiger partial charge is 0.497 e. The van der Waals surface area contributed by atoms with E-state index < -0.39 is 18.2 Å². The summed E-state index contributed by atoms with van der Waals surface area (Å²) in [6.45, 7) is 0. The number of aromatic nitrogens is 4. The molecule has 0 saturated heterocycles. The van der Waals surface area contributed by atoms with E-state index in [2.05, 4.69) is 25.5 Å². The number of hydrogen-bond acceptors (Lipinski definition) is 6. The number of H-pyrrole nitrogens is 1. The number of benzene rings is 2. The molecule has 0 spiro atoms. The Bertz CT molecular complexity index is 1140. The minimum atomic E-state index is -2.71. The van der Waals surface area contributed by atoms with Gasteiger partial charge in [-0.3, -0.25) is 10.1 Å². The van der Waals surface area contributed by atoms with E-state index in [0.29, 0.717) is 21.2 Å². The zero-order chi connectivity index (χ0) is 19.7. The summed E-state index contributed by atoms with van der Waals surface area (Å²) in [6, 6.07) is 11.8. The van der Waals surface area contributed by atoms with Crippen molar-refractivity contribution in [3.63, 3.8) is 0 Å². The first-order valence-electron chi connectivity index (χ1n) is 8.10. The van der Waals surface area contributed by atoms with Crippen LogP contribution < -0.4 is 10.1 Å². The van der Waals surface area contributed by atoms with Crippen LogP contribution in [0.1, 0.15) is 22.6 Å². The molecule has 0 saturated carbocycles. The number of hydrogen-bond donors (Lipinski definition) is 2. The average Bonchev–Trinajstić information content (AvgIpc) is 3.34. The van der Waals surface area contributed by atoms with Crippen LogP contribution in [0.15, 0.2) is 42.5 Å². The maximum absolute atomic E-state index is 12.7. The number of anilines is 1. The van der Waals surface area contributed by atoms with E-state index in [0.717, 1.165) is 11.3 Å². The van der Waals surface area contributed by atoms with Crippen molar-refractivity contribution in [1.29, 1.82) is 0 Å². The van der Waals surface area contributed by atoms with Gasteiger partial charge in [0, 0.05) is 11.1 Å². The molecule has 0 fully saturated rings. The number of carbonyl (C=O) groups is 1. The van der Waals surface area contributed by atoms with Gasteiger partial charge in [0.1, 0.15) is 10.8 Å². The smallest absolute Gasteiger partial charge is 0.295 e. The maximum atomic E-state index is 12.7. The summed E-state index contributed by atoms with van der Waals surface area (Å²) in [5, 5.41) is 11.7. The highest BCUT2D eigenvalue weighted by Crippen LogP contribution is 2.28. The molecule has 142 valence electrons. The van der Waals surface area contributed by atoms with Gasteiger partial charge in [-0.05, 0) is 42.5 Å². The van der Waals surface area contributed by atoms with E-state index in [1.54, 1.807) is 7.11 Å². The predicted octanol–water partition coefficient (Wildman–Crippen LogP) is 4.28. The second-order valence-corrected chi connectivity index (χ2v) is 6.73. The fourth-order valence-corrected chi connectivity index (χ4v) is 3.31. The minimum Gasteiger partial charge on any atom is -0.497 e. The van der Waals surface area contributed by atoms with Crippen LogP contribution >= 0.6 is 11.3 Å². The van der Waals surface area contributed by atoms with Crippen LogP contribution in [0.2, 0.25) is 0 Å². The van der Waals surface area contributed by atoms with Gasteiger partial charge >= 0.3 is 0 Å². The monoisotopic (exact) mass is 401 g/mol. The van der Waals surface area contributed by atoms with Crippen molar-refractivity contribution in [2.45, 2.75) is 6.43 Å². The maximum Gasteiger partial charge on any atom is 0.295 e. The molecular formula is C18H13F2N5O2S. The lowest BCUT2D eigenvalue weighted by molar-refractivity contribution is 0.102. The molecule has 4 aromatic rings. The standard InChI is InChI=1S/C18H13F2N5O2S/c1-27-11-5-2-9(3-6-11)17-24-25-18(28-17)23-16(26)10-4-7-12-13(8-10)22-15(21-12)14(19)20/h2-8,14H,1H3,(H,21,22)(H,23,25,26). The number of halogens is 2. The molecule has 2 N–H and O–H groups in total. The summed E-state index contributed by atoms with van der Waals surface area (Å²) in [4.78, 5) is 18.7. The lowest BCUT2D eigenvalue weighted by Crippen LogP contribution is -2.11. The third-order valence-corrected chi connectivity index (χ3v) is 4.84. The minimum absolute atomic E-state index is 0.290. The number of amides is 1. The van der Waals surface area contributed by atoms with Gasteiger partial charge < -0.3 is 9.72 Å². The molecule has 0 aliphatic rings. The van der Waals surface area contributed by atoms with Crippen LogP contribution in [-0.4, -0.2) is 33.2 Å². The number of rotatable bonds is 5. The van der Waals surface area contributed by atoms with Gasteiger partial charge in [-0.1, -0.05) is 11.3 Å². The molecule has 0 unspecified atom stereocenters. The van der Waals surface area contributed by atoms with Crippen molar-refractivity contribution < 1.29 is 18.3 Å². The molecule has 0 bridgehead atoms. The van der Waals surface area contributed by atoms with Crippen molar-refractivity contribution in [2.24, 2.45) is 0 Å². The quantitative estimate of drug-likeness (QED) is 0.521. The highest BCUT2D eigenvalue weighted by atomic mass is 32.1. The molecule has 28 heavy (non-hydrogen) atoms. The topological polar surface area (TPSA) is 92.8 Å². The first kappa shape index (κ1) is 18.0. The Morgan fingerprint density at radius 1 is 1.18 bits per heavy atom. The zero-order valence-electron chi connectivity index (χ0n) is 14.4. The molecule has 2 aromatic heterocycles. The van der Waals surface area contributed by atoms with E-state index >= 15 is 0 Å². The number of fused-ring (bicyclic) bond motifs is 1. The van der Waals surface area contributed by atoms with Crippen LogP contribution in [0.3, 0.4) is 0 Å². The molecule has 0 atom stereocenters. The van der Waals surface area contributed by atoms with Crippen LogP contribution in [-0.2, 0) is 0 Å². The Balaban J connectivity index is 1.52. The number of ether oxygens (including phenoxy) is 1. The highest BCUT2D eigenvalue weighted by molar-refractivity contribution is 7.18. The zero-order valence-corrected chi connectivity index (χ0v) is 15.3. The van der Waals surface area contributed by atoms with Crippen molar-refractivity contribution >= 4 is 33.4 Å². The lowest BCUT2D eigenvalue weighted by Gasteiger charge is -2.01. The second kappa shape index (κ2) is 7.31. The van der Waals surface area contributed by atoms with Gasteiger partial charge in [0.05, 0.1) is 18.1 Å². The van der Waals surface area contributed by atoms with E-state index in [-0.39, 0.29) is 5.56 Å². The molecular weight excluding hydrogens is 388 g/mol. The Morgan fingerprint density at radius 3 is 2.68 bits per heavy atom. The summed E-state index contributed by atoms with van der Waals surface area (Å²) >= 11 is 1.22. The lowest BCUT2D eigenvalue weighted by atomic mass is 10.2. The van der Waals surface area contributed by atoms with E-state index in [1.807, 2.05) is 24.3 Å². The number of imidazole rings is 1. The molecule has 0 aliphatic carbocycles. The van der Waals surface area contributed by atoms with E-state index in [4.69, 9.17) is 4.74 Å². The van der Waals surface area contributed by atoms with Gasteiger partial charge in [0.15, 0.2) is 5.82 Å². The Hall–Kier alpha value is -3.40. The second-order valence-electron chi connectivity index (χ2n) is 5.75. The van der Waals surface area contributed by atoms with Crippen molar-refractivity contribution in [1.82, 2.24) is 20.2 Å². The first-order chi connectivity index (χ1) is 13.5. The number of aromatic amines is 1. The van der Waals surface area contributed by atoms with Crippen molar-refractivity contribution in [3.8, 4) is 16.3 Å². The number of alkyl halides is 2. The number of nitrogens with one attached hydrogen (secondary N) is 2. The molecule has 2 aromatic carbocycles. The van der Waals surface area contributed by atoms with Gasteiger partial charge in [-0.25, -0.2) is 13.8 Å². The summed E-state index contributed by atoms with van der Waals surface area (Å²) in [7, 11) is 1.59. The number of methoxy groups -OCH3 is 1. The molecule has 0 aliphatic heterocycles. The first-order valence-corrected chi connectivity index (χ1v) is 8.92. The summed E-state index contributed by atoms with van der Waals surface area (Å²) in [6.07, 6.45) is -2.71. The SMILES string of the molecule is COc1ccc(-c2nnc(NC(=O)c3ccc4nc(C(F)F)[nH]c4c3)s2)cc1. The molecule has 7 nitrogen and oxygen atoms in total.